The van der Waals surface area contributed by atoms with E-state index in [1.54, 1.807) is 23.9 Å². The second-order valence-corrected chi connectivity index (χ2v) is 5.89. The lowest BCUT2D eigenvalue weighted by Crippen LogP contribution is -2.24. The maximum atomic E-state index is 10.9. The van der Waals surface area contributed by atoms with Gasteiger partial charge in [0, 0.05) is 17.9 Å². The number of benzene rings is 1. The van der Waals surface area contributed by atoms with Gasteiger partial charge in [0.05, 0.1) is 9.82 Å². The number of hydrogen-bond donors (Lipinski definition) is 1. The smallest absolute Gasteiger partial charge is 0.282 e. The van der Waals surface area contributed by atoms with Crippen LogP contribution in [-0.2, 0) is 0 Å². The Bertz CT molecular complexity index is 421. The number of nitrogens with one attached hydrogen (secondary N) is 1. The zero-order chi connectivity index (χ0) is 13.0. The second kappa shape index (κ2) is 6.20. The van der Waals surface area contributed by atoms with E-state index in [0.717, 1.165) is 23.2 Å². The van der Waals surface area contributed by atoms with Crippen LogP contribution in [-0.4, -0.2) is 23.3 Å². The predicted octanol–water partition coefficient (Wildman–Crippen LogP) is 3.08. The molecule has 0 bridgehead atoms. The van der Waals surface area contributed by atoms with Crippen molar-refractivity contribution in [1.29, 1.82) is 0 Å². The van der Waals surface area contributed by atoms with Crippen LogP contribution >= 0.6 is 11.8 Å². The fourth-order valence-electron chi connectivity index (χ4n) is 1.68. The van der Waals surface area contributed by atoms with Gasteiger partial charge in [-0.2, -0.15) is 0 Å². The molecule has 5 heteroatoms. The van der Waals surface area contributed by atoms with Crippen LogP contribution in [0.4, 0.5) is 5.69 Å². The molecule has 1 unspecified atom stereocenters. The van der Waals surface area contributed by atoms with Gasteiger partial charge in [0.2, 0.25) is 0 Å². The van der Waals surface area contributed by atoms with E-state index in [0.29, 0.717) is 5.92 Å². The molecule has 1 atom stereocenters. The number of rotatable bonds is 7. The molecule has 1 saturated carbocycles. The summed E-state index contributed by atoms with van der Waals surface area (Å²) < 4.78 is 0. The third-order valence-corrected chi connectivity index (χ3v) is 4.31. The zero-order valence-corrected chi connectivity index (χ0v) is 11.3. The van der Waals surface area contributed by atoms with Crippen molar-refractivity contribution in [3.8, 4) is 0 Å². The first kappa shape index (κ1) is 13.4. The van der Waals surface area contributed by atoms with Gasteiger partial charge in [-0.1, -0.05) is 19.1 Å². The Labute approximate surface area is 111 Å². The number of nitro groups is 1. The van der Waals surface area contributed by atoms with Gasteiger partial charge in [-0.3, -0.25) is 10.1 Å². The summed E-state index contributed by atoms with van der Waals surface area (Å²) in [5.41, 5.74) is 0.213. The van der Waals surface area contributed by atoms with Gasteiger partial charge in [0.15, 0.2) is 0 Å². The van der Waals surface area contributed by atoms with Crippen LogP contribution in [0.25, 0.3) is 0 Å². The summed E-state index contributed by atoms with van der Waals surface area (Å²) in [6.45, 7) is 3.18. The topological polar surface area (TPSA) is 55.2 Å². The van der Waals surface area contributed by atoms with Crippen LogP contribution in [0.15, 0.2) is 29.2 Å². The lowest BCUT2D eigenvalue weighted by molar-refractivity contribution is -0.387. The Kier molecular flexibility index (Phi) is 4.60. The highest BCUT2D eigenvalue weighted by Gasteiger charge is 2.21. The largest absolute Gasteiger partial charge is 0.314 e. The van der Waals surface area contributed by atoms with Gasteiger partial charge in [-0.15, -0.1) is 11.8 Å². The van der Waals surface area contributed by atoms with Gasteiger partial charge in [-0.05, 0) is 31.4 Å². The fourth-order valence-corrected chi connectivity index (χ4v) is 2.72. The summed E-state index contributed by atoms with van der Waals surface area (Å²) in [5.74, 6) is 1.43. The molecule has 0 amide bonds. The maximum Gasteiger partial charge on any atom is 0.282 e. The molecule has 0 aliphatic heterocycles. The maximum absolute atomic E-state index is 10.9. The van der Waals surface area contributed by atoms with Crippen molar-refractivity contribution in [3.05, 3.63) is 34.4 Å². The molecule has 0 spiro atoms. The molecular formula is C13H18N2O2S. The molecule has 0 radical (unpaired) electrons. The van der Waals surface area contributed by atoms with E-state index in [-0.39, 0.29) is 10.6 Å². The van der Waals surface area contributed by atoms with Crippen LogP contribution in [0.2, 0.25) is 0 Å². The lowest BCUT2D eigenvalue weighted by atomic mass is 10.2. The minimum Gasteiger partial charge on any atom is -0.314 e. The minimum atomic E-state index is -0.310. The molecule has 98 valence electrons. The van der Waals surface area contributed by atoms with Crippen LogP contribution in [0.5, 0.6) is 0 Å². The number of nitrogens with zero attached hydrogens (tertiary/aromatic N) is 1. The van der Waals surface area contributed by atoms with Gasteiger partial charge < -0.3 is 5.32 Å². The molecular weight excluding hydrogens is 248 g/mol. The van der Waals surface area contributed by atoms with Crippen molar-refractivity contribution >= 4 is 17.4 Å². The van der Waals surface area contributed by atoms with Crippen molar-refractivity contribution < 1.29 is 4.92 Å². The number of thioether (sulfide) groups is 1. The first-order valence-corrected chi connectivity index (χ1v) is 7.25. The molecule has 1 aliphatic carbocycles. The summed E-state index contributed by atoms with van der Waals surface area (Å²) in [7, 11) is 0. The zero-order valence-electron chi connectivity index (χ0n) is 10.5. The van der Waals surface area contributed by atoms with Crippen LogP contribution in [0.1, 0.15) is 19.8 Å². The van der Waals surface area contributed by atoms with Crippen LogP contribution in [0.3, 0.4) is 0 Å². The van der Waals surface area contributed by atoms with E-state index in [9.17, 15) is 10.1 Å². The van der Waals surface area contributed by atoms with E-state index in [4.69, 9.17) is 0 Å². The average Bonchev–Trinajstić information content (AvgIpc) is 3.18. The first-order chi connectivity index (χ1) is 8.66. The molecule has 1 aliphatic rings. The van der Waals surface area contributed by atoms with Gasteiger partial charge >= 0.3 is 0 Å². The van der Waals surface area contributed by atoms with Crippen LogP contribution < -0.4 is 5.32 Å². The molecule has 18 heavy (non-hydrogen) atoms. The van der Waals surface area contributed by atoms with Crippen molar-refractivity contribution in [2.45, 2.75) is 30.7 Å². The van der Waals surface area contributed by atoms with Crippen molar-refractivity contribution in [2.75, 3.05) is 12.3 Å². The minimum absolute atomic E-state index is 0.213. The standard InChI is InChI=1S/C13H18N2O2S/c1-10(8-14-11-6-7-11)9-18-13-5-3-2-4-12(13)15(16)17/h2-5,10-11,14H,6-9H2,1H3. The molecule has 1 aromatic rings. The number of nitro benzene ring substituents is 1. The third-order valence-electron chi connectivity index (χ3n) is 2.92. The molecule has 0 saturated heterocycles. The average molecular weight is 266 g/mol. The Morgan fingerprint density at radius 3 is 2.89 bits per heavy atom. The Hall–Kier alpha value is -1.07. The van der Waals surface area contributed by atoms with E-state index >= 15 is 0 Å². The normalized spacial score (nSPS) is 16.5. The van der Waals surface area contributed by atoms with E-state index in [1.807, 2.05) is 12.1 Å². The summed E-state index contributed by atoms with van der Waals surface area (Å²) in [6.07, 6.45) is 2.59. The molecule has 0 heterocycles. The summed E-state index contributed by atoms with van der Waals surface area (Å²) >= 11 is 1.57. The van der Waals surface area contributed by atoms with Crippen LogP contribution in [0, 0.1) is 16.0 Å². The van der Waals surface area contributed by atoms with Crippen molar-refractivity contribution in [2.24, 2.45) is 5.92 Å². The van der Waals surface area contributed by atoms with Gasteiger partial charge in [0.25, 0.3) is 5.69 Å². The summed E-state index contributed by atoms with van der Waals surface area (Å²) in [5, 5.41) is 14.4. The Balaban J connectivity index is 1.82. The number of para-hydroxylation sites is 1. The molecule has 1 fully saturated rings. The predicted molar refractivity (Wildman–Crippen MR) is 74.0 cm³/mol. The van der Waals surface area contributed by atoms with Gasteiger partial charge in [0.1, 0.15) is 0 Å². The highest BCUT2D eigenvalue weighted by Crippen LogP contribution is 2.30. The summed E-state index contributed by atoms with van der Waals surface area (Å²) in [6, 6.07) is 7.67. The third kappa shape index (κ3) is 3.99. The van der Waals surface area contributed by atoms with Crippen molar-refractivity contribution in [1.82, 2.24) is 5.32 Å². The second-order valence-electron chi connectivity index (χ2n) is 4.82. The Morgan fingerprint density at radius 1 is 1.50 bits per heavy atom. The molecule has 2 rings (SSSR count). The first-order valence-electron chi connectivity index (χ1n) is 6.26. The highest BCUT2D eigenvalue weighted by atomic mass is 32.2. The van der Waals surface area contributed by atoms with E-state index in [1.165, 1.54) is 12.8 Å². The van der Waals surface area contributed by atoms with E-state index in [2.05, 4.69) is 12.2 Å². The quantitative estimate of drug-likeness (QED) is 0.468. The van der Waals surface area contributed by atoms with Gasteiger partial charge in [-0.25, -0.2) is 0 Å². The monoisotopic (exact) mass is 266 g/mol. The summed E-state index contributed by atoms with van der Waals surface area (Å²) in [4.78, 5) is 11.3. The molecule has 1 N–H and O–H groups in total. The fraction of sp³-hybridized carbons (Fsp3) is 0.538. The molecule has 0 aromatic heterocycles. The lowest BCUT2D eigenvalue weighted by Gasteiger charge is -2.11. The SMILES string of the molecule is CC(CNC1CC1)CSc1ccccc1[N+](=O)[O-]. The Morgan fingerprint density at radius 2 is 2.22 bits per heavy atom. The highest BCUT2D eigenvalue weighted by molar-refractivity contribution is 7.99. The van der Waals surface area contributed by atoms with E-state index < -0.39 is 0 Å². The molecule has 1 aromatic carbocycles. The van der Waals surface area contributed by atoms with Crippen molar-refractivity contribution in [3.63, 3.8) is 0 Å². The number of hydrogen-bond acceptors (Lipinski definition) is 4. The molecule has 4 nitrogen and oxygen atoms in total.